The maximum Gasteiger partial charge on any atom is 0.0708 e. The molecular formula is C17H22N2. The van der Waals surface area contributed by atoms with Gasteiger partial charge in [0.2, 0.25) is 0 Å². The van der Waals surface area contributed by atoms with Crippen LogP contribution in [0.2, 0.25) is 0 Å². The second-order valence-electron chi connectivity index (χ2n) is 5.81. The van der Waals surface area contributed by atoms with Gasteiger partial charge in [0.1, 0.15) is 0 Å². The smallest absolute Gasteiger partial charge is 0.0708 e. The van der Waals surface area contributed by atoms with Crippen molar-refractivity contribution >= 4 is 10.9 Å². The Balaban J connectivity index is 2.07. The first kappa shape index (κ1) is 12.6. The second kappa shape index (κ2) is 4.93. The molecule has 0 unspecified atom stereocenters. The first-order valence-electron chi connectivity index (χ1n) is 7.28. The number of hydrogen-bond donors (Lipinski definition) is 0. The molecule has 19 heavy (non-hydrogen) atoms. The highest BCUT2D eigenvalue weighted by molar-refractivity contribution is 5.83. The molecule has 0 bridgehead atoms. The Morgan fingerprint density at radius 2 is 1.84 bits per heavy atom. The summed E-state index contributed by atoms with van der Waals surface area (Å²) in [6, 6.07) is 9.15. The van der Waals surface area contributed by atoms with Crippen LogP contribution in [0.15, 0.2) is 24.3 Å². The van der Waals surface area contributed by atoms with E-state index in [0.29, 0.717) is 6.04 Å². The standard InChI is InChI=1S/C17H22N2/c1-12(2)19-10-8-15-13(3)14-6-4-5-7-16(14)18-17(15)9-11-19/h4-7,12H,8-11H2,1-3H3. The lowest BCUT2D eigenvalue weighted by Gasteiger charge is -2.23. The number of rotatable bonds is 1. The molecule has 0 fully saturated rings. The van der Waals surface area contributed by atoms with E-state index in [1.54, 1.807) is 0 Å². The zero-order valence-corrected chi connectivity index (χ0v) is 12.1. The molecule has 2 nitrogen and oxygen atoms in total. The van der Waals surface area contributed by atoms with Crippen molar-refractivity contribution in [2.24, 2.45) is 0 Å². The molecule has 100 valence electrons. The van der Waals surface area contributed by atoms with Gasteiger partial charge in [-0.1, -0.05) is 18.2 Å². The maximum absolute atomic E-state index is 4.90. The molecule has 0 aliphatic carbocycles. The Kier molecular flexibility index (Phi) is 3.28. The van der Waals surface area contributed by atoms with Gasteiger partial charge in [-0.3, -0.25) is 4.98 Å². The highest BCUT2D eigenvalue weighted by Crippen LogP contribution is 2.25. The van der Waals surface area contributed by atoms with E-state index in [2.05, 4.69) is 49.9 Å². The lowest BCUT2D eigenvalue weighted by molar-refractivity contribution is 0.232. The molecule has 1 aromatic carbocycles. The van der Waals surface area contributed by atoms with Crippen molar-refractivity contribution in [3.05, 3.63) is 41.1 Å². The molecule has 0 saturated heterocycles. The first-order chi connectivity index (χ1) is 9.16. The minimum Gasteiger partial charge on any atom is -0.300 e. The summed E-state index contributed by atoms with van der Waals surface area (Å²) >= 11 is 0. The van der Waals surface area contributed by atoms with Crippen LogP contribution < -0.4 is 0 Å². The van der Waals surface area contributed by atoms with Gasteiger partial charge in [-0.2, -0.15) is 0 Å². The lowest BCUT2D eigenvalue weighted by Crippen LogP contribution is -2.33. The van der Waals surface area contributed by atoms with E-state index < -0.39 is 0 Å². The van der Waals surface area contributed by atoms with E-state index >= 15 is 0 Å². The molecule has 0 amide bonds. The van der Waals surface area contributed by atoms with Crippen LogP contribution in [-0.4, -0.2) is 29.0 Å². The maximum atomic E-state index is 4.90. The molecule has 0 N–H and O–H groups in total. The molecular weight excluding hydrogens is 232 g/mol. The van der Waals surface area contributed by atoms with Crippen LogP contribution in [-0.2, 0) is 12.8 Å². The molecule has 2 aromatic rings. The first-order valence-corrected chi connectivity index (χ1v) is 7.28. The molecule has 1 aliphatic rings. The third-order valence-electron chi connectivity index (χ3n) is 4.38. The summed E-state index contributed by atoms with van der Waals surface area (Å²) in [5, 5.41) is 1.32. The van der Waals surface area contributed by atoms with Crippen molar-refractivity contribution in [3.63, 3.8) is 0 Å². The molecule has 0 radical (unpaired) electrons. The van der Waals surface area contributed by atoms with Crippen molar-refractivity contribution < 1.29 is 0 Å². The van der Waals surface area contributed by atoms with Crippen molar-refractivity contribution in [1.29, 1.82) is 0 Å². The third-order valence-corrected chi connectivity index (χ3v) is 4.38. The number of aryl methyl sites for hydroxylation is 1. The largest absolute Gasteiger partial charge is 0.300 e. The Bertz CT molecular complexity index is 601. The molecule has 0 saturated carbocycles. The molecule has 0 spiro atoms. The number of fused-ring (bicyclic) bond motifs is 2. The highest BCUT2D eigenvalue weighted by Gasteiger charge is 2.19. The lowest BCUT2D eigenvalue weighted by atomic mass is 9.99. The van der Waals surface area contributed by atoms with Gasteiger partial charge in [0.15, 0.2) is 0 Å². The monoisotopic (exact) mass is 254 g/mol. The summed E-state index contributed by atoms with van der Waals surface area (Å²) < 4.78 is 0. The minimum atomic E-state index is 0.629. The van der Waals surface area contributed by atoms with Gasteiger partial charge in [0.05, 0.1) is 5.52 Å². The number of aromatic nitrogens is 1. The summed E-state index contributed by atoms with van der Waals surface area (Å²) in [5.74, 6) is 0. The average Bonchev–Trinajstić information content (AvgIpc) is 2.62. The van der Waals surface area contributed by atoms with E-state index in [9.17, 15) is 0 Å². The second-order valence-corrected chi connectivity index (χ2v) is 5.81. The van der Waals surface area contributed by atoms with Crippen LogP contribution in [0.4, 0.5) is 0 Å². The Hall–Kier alpha value is -1.41. The van der Waals surface area contributed by atoms with Crippen LogP contribution in [0.25, 0.3) is 10.9 Å². The fourth-order valence-electron chi connectivity index (χ4n) is 3.15. The molecule has 1 aliphatic heterocycles. The van der Waals surface area contributed by atoms with Gasteiger partial charge in [-0.15, -0.1) is 0 Å². The van der Waals surface area contributed by atoms with Gasteiger partial charge in [0.25, 0.3) is 0 Å². The van der Waals surface area contributed by atoms with Crippen LogP contribution >= 0.6 is 0 Å². The summed E-state index contributed by atoms with van der Waals surface area (Å²) in [5.41, 5.74) is 5.39. The number of benzene rings is 1. The SMILES string of the molecule is Cc1c2c(nc3ccccc13)CCN(C(C)C)CC2. The number of para-hydroxylation sites is 1. The van der Waals surface area contributed by atoms with E-state index in [1.165, 1.54) is 22.2 Å². The fourth-order valence-corrected chi connectivity index (χ4v) is 3.15. The van der Waals surface area contributed by atoms with E-state index in [4.69, 9.17) is 4.98 Å². The van der Waals surface area contributed by atoms with E-state index in [1.807, 2.05) is 0 Å². The van der Waals surface area contributed by atoms with Gasteiger partial charge in [-0.05, 0) is 44.4 Å². The quantitative estimate of drug-likeness (QED) is 0.776. The minimum absolute atomic E-state index is 0.629. The summed E-state index contributed by atoms with van der Waals surface area (Å²) in [4.78, 5) is 7.46. The van der Waals surface area contributed by atoms with Crippen LogP contribution in [0.1, 0.15) is 30.7 Å². The summed E-state index contributed by atoms with van der Waals surface area (Å²) in [6.07, 6.45) is 2.22. The third kappa shape index (κ3) is 2.25. The zero-order valence-electron chi connectivity index (χ0n) is 12.1. The molecule has 1 aromatic heterocycles. The van der Waals surface area contributed by atoms with Gasteiger partial charge < -0.3 is 4.90 Å². The van der Waals surface area contributed by atoms with Crippen LogP contribution in [0.5, 0.6) is 0 Å². The molecule has 0 atom stereocenters. The number of nitrogens with zero attached hydrogens (tertiary/aromatic N) is 2. The van der Waals surface area contributed by atoms with Crippen LogP contribution in [0.3, 0.4) is 0 Å². The fraction of sp³-hybridized carbons (Fsp3) is 0.471. The van der Waals surface area contributed by atoms with Gasteiger partial charge >= 0.3 is 0 Å². The van der Waals surface area contributed by atoms with Crippen molar-refractivity contribution in [2.45, 2.75) is 39.7 Å². The average molecular weight is 254 g/mol. The van der Waals surface area contributed by atoms with Gasteiger partial charge in [0, 0.05) is 36.6 Å². The topological polar surface area (TPSA) is 16.1 Å². The summed E-state index contributed by atoms with van der Waals surface area (Å²) in [6.45, 7) is 9.12. The van der Waals surface area contributed by atoms with Gasteiger partial charge in [-0.25, -0.2) is 0 Å². The Labute approximate surface area is 115 Å². The molecule has 2 heteroatoms. The summed E-state index contributed by atoms with van der Waals surface area (Å²) in [7, 11) is 0. The number of pyridine rings is 1. The highest BCUT2D eigenvalue weighted by atomic mass is 15.1. The van der Waals surface area contributed by atoms with Crippen molar-refractivity contribution in [1.82, 2.24) is 9.88 Å². The van der Waals surface area contributed by atoms with Crippen molar-refractivity contribution in [2.75, 3.05) is 13.1 Å². The Morgan fingerprint density at radius 3 is 2.63 bits per heavy atom. The normalized spacial score (nSPS) is 16.6. The number of hydrogen-bond acceptors (Lipinski definition) is 2. The zero-order chi connectivity index (χ0) is 13.4. The van der Waals surface area contributed by atoms with Crippen LogP contribution in [0, 0.1) is 6.92 Å². The molecule has 3 rings (SSSR count). The van der Waals surface area contributed by atoms with Crippen molar-refractivity contribution in [3.8, 4) is 0 Å². The van der Waals surface area contributed by atoms with E-state index in [-0.39, 0.29) is 0 Å². The van der Waals surface area contributed by atoms with E-state index in [0.717, 1.165) is 31.4 Å². The predicted octanol–water partition coefficient (Wildman–Crippen LogP) is 3.35. The molecule has 2 heterocycles. The predicted molar refractivity (Wildman–Crippen MR) is 80.6 cm³/mol. The Morgan fingerprint density at radius 1 is 1.11 bits per heavy atom.